The molecule has 0 aliphatic carbocycles. The summed E-state index contributed by atoms with van der Waals surface area (Å²) in [5.74, 6) is -8.76. The lowest BCUT2D eigenvalue weighted by Crippen LogP contribution is -2.43. The first kappa shape index (κ1) is 108. The highest BCUT2D eigenvalue weighted by Gasteiger charge is 2.26. The van der Waals surface area contributed by atoms with Crippen LogP contribution in [-0.2, 0) is 105 Å². The lowest BCUT2D eigenvalue weighted by Gasteiger charge is -2.19. The maximum atomic E-state index is 13.4. The molecule has 0 aromatic rings. The van der Waals surface area contributed by atoms with E-state index in [0.29, 0.717) is 90.6 Å². The summed E-state index contributed by atoms with van der Waals surface area (Å²) in [4.78, 5) is 170. The molecule has 0 rings (SSSR count). The van der Waals surface area contributed by atoms with Crippen molar-refractivity contribution in [3.05, 3.63) is 0 Å². The maximum absolute atomic E-state index is 13.4. The van der Waals surface area contributed by atoms with E-state index in [1.54, 1.807) is 0 Å². The van der Waals surface area contributed by atoms with Gasteiger partial charge in [0.2, 0.25) is 35.4 Å². The van der Waals surface area contributed by atoms with E-state index in [9.17, 15) is 82.4 Å². The van der Waals surface area contributed by atoms with Crippen molar-refractivity contribution in [2.24, 2.45) is 11.8 Å². The van der Waals surface area contributed by atoms with Crippen LogP contribution in [0.2, 0.25) is 0 Å². The normalized spacial score (nSPS) is 12.3. The number of hydrogen-bond acceptors (Lipinski definition) is 24. The molecule has 0 spiro atoms. The second-order valence-electron chi connectivity index (χ2n) is 28.7. The number of unbranched alkanes of at least 4 members (excludes halogenated alkanes) is 20. The molecule has 12 N–H and O–H groups in total. The molecule has 34 nitrogen and oxygen atoms in total. The van der Waals surface area contributed by atoms with Gasteiger partial charge < -0.3 is 101 Å². The number of rotatable bonds is 88. The van der Waals surface area contributed by atoms with E-state index >= 15 is 0 Å². The predicted molar refractivity (Wildman–Crippen MR) is 426 cm³/mol. The van der Waals surface area contributed by atoms with Crippen molar-refractivity contribution in [2.75, 3.05) is 152 Å². The average Bonchev–Trinajstić information content (AvgIpc) is 0.902. The second-order valence-corrected chi connectivity index (χ2v) is 28.7. The zero-order valence-corrected chi connectivity index (χ0v) is 68.9. The van der Waals surface area contributed by atoms with E-state index in [4.69, 9.17) is 48.1 Å². The van der Waals surface area contributed by atoms with Gasteiger partial charge in [0.1, 0.15) is 44.9 Å². The van der Waals surface area contributed by atoms with Gasteiger partial charge in [-0.1, -0.05) is 116 Å². The lowest BCUT2D eigenvalue weighted by molar-refractivity contribution is -0.145. The Morgan fingerprint density at radius 3 is 1.10 bits per heavy atom. The molecule has 0 saturated carbocycles. The highest BCUT2D eigenvalue weighted by atomic mass is 16.5. The Morgan fingerprint density at radius 1 is 0.278 bits per heavy atom. The van der Waals surface area contributed by atoms with E-state index < -0.39 is 90.3 Å². The van der Waals surface area contributed by atoms with Gasteiger partial charge in [0.15, 0.2) is 17.3 Å². The number of amides is 6. The van der Waals surface area contributed by atoms with Crippen LogP contribution in [0.4, 0.5) is 0 Å². The molecule has 0 aromatic heterocycles. The maximum Gasteiger partial charge on any atom is 0.326 e. The minimum absolute atomic E-state index is 0.0117. The third-order valence-electron chi connectivity index (χ3n) is 18.6. The van der Waals surface area contributed by atoms with Crippen molar-refractivity contribution in [3.8, 4) is 0 Å². The van der Waals surface area contributed by atoms with Crippen LogP contribution < -0.4 is 37.2 Å². The highest BCUT2D eigenvalue weighted by molar-refractivity contribution is 5.87. The number of carbonyl (C=O) groups excluding carboxylic acids is 10. The SMILES string of the molecule is CCN[C@@H](CCCCNC(=O)CC[C@H](CC(=O)COCCOCCNC(=O)COCCOCCNC(=O)CCCCCCCCCCCCC(=O)O)C(=O)O)C(=O)CC[C@@H](CCCCNC(=O)CC[C@H](NC(=O)COCCOCCCC(=O)COCCOCCNC(=O)CCCCCCCCCCCCC(=O)O)C(=O)O)C(=O)CO. The molecule has 0 unspecified atom stereocenters. The number of ketones is 4. The zero-order valence-electron chi connectivity index (χ0n) is 68.9. The minimum Gasteiger partial charge on any atom is -0.481 e. The summed E-state index contributed by atoms with van der Waals surface area (Å²) in [6.45, 7) is 4.36. The van der Waals surface area contributed by atoms with E-state index in [2.05, 4.69) is 37.2 Å². The number of Topliss-reactive ketones (excluding diaryl/α,β-unsaturated/α-hetero) is 4. The summed E-state index contributed by atoms with van der Waals surface area (Å²) >= 11 is 0. The molecule has 4 atom stereocenters. The van der Waals surface area contributed by atoms with Gasteiger partial charge >= 0.3 is 23.9 Å². The fraction of sp³-hybridized carbons (Fsp3) is 0.827. The number of carboxylic acids is 4. The molecule has 0 fully saturated rings. The number of carbonyl (C=O) groups is 14. The van der Waals surface area contributed by atoms with Gasteiger partial charge in [-0.25, -0.2) is 4.79 Å². The first-order valence-corrected chi connectivity index (χ1v) is 42.1. The molecular weight excluding hydrogens is 1500 g/mol. The molecule has 0 radical (unpaired) electrons. The molecule has 0 aliphatic heterocycles. The van der Waals surface area contributed by atoms with Gasteiger partial charge in [0.25, 0.3) is 0 Å². The summed E-state index contributed by atoms with van der Waals surface area (Å²) in [6.07, 6.45) is 24.8. The molecule has 115 heavy (non-hydrogen) atoms. The van der Waals surface area contributed by atoms with Crippen LogP contribution in [0.5, 0.6) is 0 Å². The molecule has 664 valence electrons. The number of hydrogen-bond donors (Lipinski definition) is 12. The largest absolute Gasteiger partial charge is 0.481 e. The quantitative estimate of drug-likeness (QED) is 0.0301. The first-order valence-electron chi connectivity index (χ1n) is 42.1. The van der Waals surface area contributed by atoms with E-state index in [-0.39, 0.29) is 199 Å². The standard InChI is InChI=1S/C81H143N7O27/c1-2-82-68(30-24-26-42-83-74(96)39-36-65(80(104)105)58-67(91)61-113-55-52-111-49-45-87-76(98)62-114-57-53-110-48-44-86-73(95)32-20-16-12-8-4-6-10-14-18-22-34-79(102)103)70(92)38-35-64(71(93)59-89)28-23-25-41-84-75(97)40-37-69(81(106)107)88-77(99)63-115-56-50-108-46-27-29-66(90)60-112-54-51-109-47-43-85-72(94)31-19-15-11-7-3-5-9-13-17-21-33-78(100)101/h64-65,68-69,82,89H,2-63H2,1H3,(H,83,96)(H,84,97)(H,85,94)(H,86,95)(H,87,98)(H,88,99)(H,100,101)(H,102,103)(H,104,105)(H,106,107)/t64-,65-,68+,69+/m1/s1. The van der Waals surface area contributed by atoms with Gasteiger partial charge in [-0.2, -0.15) is 0 Å². The average molecular weight is 1650 g/mol. The smallest absolute Gasteiger partial charge is 0.326 e. The van der Waals surface area contributed by atoms with Crippen molar-refractivity contribution < 1.29 is 131 Å². The molecule has 0 bridgehead atoms. The number of carboxylic acid groups (broad SMARTS) is 4. The number of nitrogens with one attached hydrogen (secondary N) is 7. The fourth-order valence-electron chi connectivity index (χ4n) is 12.0. The molecular formula is C81H143N7O27. The summed E-state index contributed by atoms with van der Waals surface area (Å²) < 4.78 is 43.2. The Kier molecular flexibility index (Phi) is 73.4. The number of likely N-dealkylation sites (N-methyl/N-ethyl adjacent to an activating group) is 1. The first-order chi connectivity index (χ1) is 55.6. The second kappa shape index (κ2) is 78.2. The van der Waals surface area contributed by atoms with Gasteiger partial charge in [0, 0.05) is 103 Å². The number of aliphatic hydroxyl groups excluding tert-OH is 1. The molecule has 0 aliphatic rings. The molecule has 0 saturated heterocycles. The van der Waals surface area contributed by atoms with Crippen LogP contribution in [-0.4, -0.2) is 272 Å². The third kappa shape index (κ3) is 73.1. The van der Waals surface area contributed by atoms with Crippen LogP contribution in [0.1, 0.15) is 257 Å². The van der Waals surface area contributed by atoms with Crippen LogP contribution in [0.25, 0.3) is 0 Å². The van der Waals surface area contributed by atoms with Gasteiger partial charge in [-0.15, -0.1) is 0 Å². The van der Waals surface area contributed by atoms with Crippen LogP contribution in [0, 0.1) is 11.8 Å². The summed E-state index contributed by atoms with van der Waals surface area (Å²) in [5, 5.41) is 65.8. The van der Waals surface area contributed by atoms with Gasteiger partial charge in [-0.05, 0) is 90.0 Å². The third-order valence-corrected chi connectivity index (χ3v) is 18.6. The summed E-state index contributed by atoms with van der Waals surface area (Å²) in [5.41, 5.74) is 0. The molecule has 6 amide bonds. The van der Waals surface area contributed by atoms with Crippen LogP contribution >= 0.6 is 0 Å². The molecule has 0 aromatic carbocycles. The zero-order chi connectivity index (χ0) is 84.8. The Hall–Kier alpha value is -7.02. The van der Waals surface area contributed by atoms with Crippen molar-refractivity contribution in [3.63, 3.8) is 0 Å². The number of ether oxygens (including phenoxy) is 8. The molecule has 34 heteroatoms. The summed E-state index contributed by atoms with van der Waals surface area (Å²) in [7, 11) is 0. The van der Waals surface area contributed by atoms with Gasteiger partial charge in [-0.3, -0.25) is 62.3 Å². The van der Waals surface area contributed by atoms with E-state index in [1.165, 1.54) is 0 Å². The Balaban J connectivity index is 4.15. The van der Waals surface area contributed by atoms with Gasteiger partial charge in [0.05, 0.1) is 84.6 Å². The number of aliphatic carboxylic acids is 4. The van der Waals surface area contributed by atoms with Crippen molar-refractivity contribution >= 4 is 82.5 Å². The summed E-state index contributed by atoms with van der Waals surface area (Å²) in [6, 6.07) is -1.88. The lowest BCUT2D eigenvalue weighted by atomic mass is 9.90. The topological polar surface area (TPSA) is 498 Å². The van der Waals surface area contributed by atoms with E-state index in [1.807, 2.05) is 6.92 Å². The van der Waals surface area contributed by atoms with Crippen molar-refractivity contribution in [1.82, 2.24) is 37.2 Å². The Morgan fingerprint density at radius 2 is 0.652 bits per heavy atom. The van der Waals surface area contributed by atoms with E-state index in [0.717, 1.165) is 128 Å². The Bertz CT molecular complexity index is 2640. The van der Waals surface area contributed by atoms with Crippen LogP contribution in [0.3, 0.4) is 0 Å². The molecule has 0 heterocycles. The van der Waals surface area contributed by atoms with Crippen LogP contribution in [0.15, 0.2) is 0 Å². The van der Waals surface area contributed by atoms with Crippen molar-refractivity contribution in [1.29, 1.82) is 0 Å². The van der Waals surface area contributed by atoms with Crippen molar-refractivity contribution in [2.45, 2.75) is 269 Å². The number of aliphatic hydroxyl groups is 1. The Labute approximate surface area is 680 Å². The fourth-order valence-corrected chi connectivity index (χ4v) is 12.0. The minimum atomic E-state index is -1.36. The highest BCUT2D eigenvalue weighted by Crippen LogP contribution is 2.20. The monoisotopic (exact) mass is 1650 g/mol. The predicted octanol–water partition coefficient (Wildman–Crippen LogP) is 6.22.